The van der Waals surface area contributed by atoms with Crippen molar-refractivity contribution in [2.24, 2.45) is 5.41 Å². The van der Waals surface area contributed by atoms with Gasteiger partial charge in [-0.15, -0.1) is 0 Å². The third-order valence-corrected chi connectivity index (χ3v) is 4.39. The van der Waals surface area contributed by atoms with Crippen LogP contribution in [0.2, 0.25) is 0 Å². The predicted molar refractivity (Wildman–Crippen MR) is 64.3 cm³/mol. The zero-order chi connectivity index (χ0) is 11.0. The molecule has 1 aromatic heterocycles. The van der Waals surface area contributed by atoms with Crippen molar-refractivity contribution in [3.05, 3.63) is 23.7 Å². The molecular formula is C14H21NO. The van der Waals surface area contributed by atoms with Crippen LogP contribution < -0.4 is 5.32 Å². The Morgan fingerprint density at radius 1 is 1.44 bits per heavy atom. The molecule has 0 bridgehead atoms. The highest BCUT2D eigenvalue weighted by molar-refractivity contribution is 5.24. The second kappa shape index (κ2) is 3.92. The number of rotatable bonds is 3. The van der Waals surface area contributed by atoms with Crippen molar-refractivity contribution in [1.29, 1.82) is 0 Å². The lowest BCUT2D eigenvalue weighted by Crippen LogP contribution is -2.39. The van der Waals surface area contributed by atoms with E-state index in [2.05, 4.69) is 18.3 Å². The van der Waals surface area contributed by atoms with Gasteiger partial charge in [0.15, 0.2) is 0 Å². The monoisotopic (exact) mass is 219 g/mol. The van der Waals surface area contributed by atoms with Crippen LogP contribution in [0, 0.1) is 5.41 Å². The van der Waals surface area contributed by atoms with Crippen LogP contribution in [-0.2, 0) is 6.42 Å². The summed E-state index contributed by atoms with van der Waals surface area (Å²) >= 11 is 0. The molecule has 1 atom stereocenters. The lowest BCUT2D eigenvalue weighted by Gasteiger charge is -2.40. The molecule has 2 aliphatic carbocycles. The van der Waals surface area contributed by atoms with Crippen molar-refractivity contribution in [2.45, 2.75) is 51.5 Å². The summed E-state index contributed by atoms with van der Waals surface area (Å²) in [5, 5.41) is 3.75. The van der Waals surface area contributed by atoms with Gasteiger partial charge in [-0.2, -0.15) is 0 Å². The van der Waals surface area contributed by atoms with Gasteiger partial charge in [0.25, 0.3) is 0 Å². The van der Waals surface area contributed by atoms with Crippen molar-refractivity contribution >= 4 is 0 Å². The first kappa shape index (κ1) is 10.4. The van der Waals surface area contributed by atoms with E-state index in [4.69, 9.17) is 4.42 Å². The minimum atomic E-state index is 0.542. The van der Waals surface area contributed by atoms with Crippen LogP contribution in [0.15, 0.2) is 16.7 Å². The van der Waals surface area contributed by atoms with Crippen molar-refractivity contribution < 1.29 is 4.42 Å². The second-order valence-corrected chi connectivity index (χ2v) is 5.79. The topological polar surface area (TPSA) is 25.2 Å². The predicted octanol–water partition coefficient (Wildman–Crippen LogP) is 3.44. The Kier molecular flexibility index (Phi) is 2.55. The van der Waals surface area contributed by atoms with Gasteiger partial charge in [-0.25, -0.2) is 0 Å². The number of hydrogen-bond acceptors (Lipinski definition) is 2. The van der Waals surface area contributed by atoms with Crippen molar-refractivity contribution in [3.8, 4) is 0 Å². The molecule has 0 spiro atoms. The quantitative estimate of drug-likeness (QED) is 0.842. The first-order chi connectivity index (χ1) is 7.77. The Labute approximate surface area is 97.4 Å². The highest BCUT2D eigenvalue weighted by Crippen LogP contribution is 2.40. The number of nitrogens with one attached hydrogen (secondary N) is 1. The largest absolute Gasteiger partial charge is 0.469 e. The van der Waals surface area contributed by atoms with Crippen molar-refractivity contribution in [3.63, 3.8) is 0 Å². The Morgan fingerprint density at radius 2 is 2.31 bits per heavy atom. The zero-order valence-corrected chi connectivity index (χ0v) is 10.1. The van der Waals surface area contributed by atoms with E-state index >= 15 is 0 Å². The van der Waals surface area contributed by atoms with Gasteiger partial charge in [0.2, 0.25) is 0 Å². The van der Waals surface area contributed by atoms with E-state index < -0.39 is 0 Å². The van der Waals surface area contributed by atoms with Crippen LogP contribution in [0.1, 0.15) is 56.4 Å². The summed E-state index contributed by atoms with van der Waals surface area (Å²) in [4.78, 5) is 0. The number of hydrogen-bond donors (Lipinski definition) is 1. The molecule has 0 aromatic carbocycles. The minimum Gasteiger partial charge on any atom is -0.469 e. The van der Waals surface area contributed by atoms with Gasteiger partial charge in [-0.1, -0.05) is 13.3 Å². The fourth-order valence-electron chi connectivity index (χ4n) is 3.03. The smallest absolute Gasteiger partial charge is 0.108 e. The van der Waals surface area contributed by atoms with E-state index in [0.717, 1.165) is 6.42 Å². The minimum absolute atomic E-state index is 0.542. The standard InChI is InChI=1S/C14H21NO/c1-14(7-3-8-14)10-15-12-4-2-5-13-11(12)6-9-16-13/h6,9,12,15H,2-5,7-8,10H2,1H3. The van der Waals surface area contributed by atoms with Gasteiger partial charge in [0, 0.05) is 24.6 Å². The van der Waals surface area contributed by atoms with E-state index in [1.54, 1.807) is 0 Å². The average Bonchev–Trinajstić information content (AvgIpc) is 2.72. The maximum atomic E-state index is 5.52. The second-order valence-electron chi connectivity index (χ2n) is 5.79. The van der Waals surface area contributed by atoms with Gasteiger partial charge < -0.3 is 9.73 Å². The van der Waals surface area contributed by atoms with Crippen LogP contribution in [-0.4, -0.2) is 6.54 Å². The lowest BCUT2D eigenvalue weighted by molar-refractivity contribution is 0.148. The molecule has 2 heteroatoms. The zero-order valence-electron chi connectivity index (χ0n) is 10.1. The molecule has 1 fully saturated rings. The Hall–Kier alpha value is -0.760. The first-order valence-corrected chi connectivity index (χ1v) is 6.57. The third kappa shape index (κ3) is 1.80. The first-order valence-electron chi connectivity index (χ1n) is 6.57. The van der Waals surface area contributed by atoms with Gasteiger partial charge in [0.05, 0.1) is 6.26 Å². The normalized spacial score (nSPS) is 27.2. The Bertz CT molecular complexity index is 365. The molecule has 1 unspecified atom stereocenters. The van der Waals surface area contributed by atoms with Crippen LogP contribution in [0.3, 0.4) is 0 Å². The Balaban J connectivity index is 1.64. The molecule has 0 aliphatic heterocycles. The third-order valence-electron chi connectivity index (χ3n) is 4.39. The maximum absolute atomic E-state index is 5.52. The van der Waals surface area contributed by atoms with Crippen LogP contribution in [0.4, 0.5) is 0 Å². The van der Waals surface area contributed by atoms with Crippen molar-refractivity contribution in [1.82, 2.24) is 5.32 Å². The molecule has 0 radical (unpaired) electrons. The van der Waals surface area contributed by atoms with E-state index in [9.17, 15) is 0 Å². The van der Waals surface area contributed by atoms with E-state index in [1.807, 2.05) is 6.26 Å². The van der Waals surface area contributed by atoms with Crippen LogP contribution >= 0.6 is 0 Å². The van der Waals surface area contributed by atoms with Gasteiger partial charge in [-0.05, 0) is 37.2 Å². The molecule has 0 saturated heterocycles. The molecule has 2 nitrogen and oxygen atoms in total. The van der Waals surface area contributed by atoms with Gasteiger partial charge >= 0.3 is 0 Å². The molecule has 1 saturated carbocycles. The molecule has 1 aromatic rings. The molecule has 88 valence electrons. The molecule has 1 N–H and O–H groups in total. The molecule has 2 aliphatic rings. The van der Waals surface area contributed by atoms with E-state index in [1.165, 1.54) is 50.0 Å². The fraction of sp³-hybridized carbons (Fsp3) is 0.714. The number of furan rings is 1. The number of aryl methyl sites for hydroxylation is 1. The summed E-state index contributed by atoms with van der Waals surface area (Å²) in [5.41, 5.74) is 1.98. The summed E-state index contributed by atoms with van der Waals surface area (Å²) in [6.45, 7) is 3.57. The molecule has 0 amide bonds. The summed E-state index contributed by atoms with van der Waals surface area (Å²) in [7, 11) is 0. The molecule has 1 heterocycles. The highest BCUT2D eigenvalue weighted by Gasteiger charge is 2.33. The van der Waals surface area contributed by atoms with Crippen LogP contribution in [0.25, 0.3) is 0 Å². The summed E-state index contributed by atoms with van der Waals surface area (Å²) in [6, 6.07) is 2.69. The highest BCUT2D eigenvalue weighted by atomic mass is 16.3. The molecule has 3 rings (SSSR count). The van der Waals surface area contributed by atoms with Gasteiger partial charge in [0.1, 0.15) is 5.76 Å². The fourth-order valence-corrected chi connectivity index (χ4v) is 3.03. The van der Waals surface area contributed by atoms with Gasteiger partial charge in [-0.3, -0.25) is 0 Å². The van der Waals surface area contributed by atoms with Crippen molar-refractivity contribution in [2.75, 3.05) is 6.54 Å². The maximum Gasteiger partial charge on any atom is 0.108 e. The summed E-state index contributed by atoms with van der Waals surface area (Å²) in [5.74, 6) is 1.21. The SMILES string of the molecule is CC1(CNC2CCCc3occc32)CCC1. The molecule has 16 heavy (non-hydrogen) atoms. The Morgan fingerprint density at radius 3 is 3.06 bits per heavy atom. The average molecular weight is 219 g/mol. The summed E-state index contributed by atoms with van der Waals surface area (Å²) in [6.07, 6.45) is 9.70. The van der Waals surface area contributed by atoms with E-state index in [-0.39, 0.29) is 0 Å². The molecular weight excluding hydrogens is 198 g/mol. The number of fused-ring (bicyclic) bond motifs is 1. The summed E-state index contributed by atoms with van der Waals surface area (Å²) < 4.78 is 5.52. The van der Waals surface area contributed by atoms with E-state index in [0.29, 0.717) is 11.5 Å². The van der Waals surface area contributed by atoms with Crippen LogP contribution in [0.5, 0.6) is 0 Å². The lowest BCUT2D eigenvalue weighted by atomic mass is 9.70.